The number of anilines is 1. The molecular weight excluding hydrogens is 218 g/mol. The number of rotatable bonds is 5. The number of nitrogens with one attached hydrogen (secondary N) is 1. The molecule has 0 aliphatic carbocycles. The van der Waals surface area contributed by atoms with Gasteiger partial charge in [0.25, 0.3) is 0 Å². The Morgan fingerprint density at radius 2 is 1.94 bits per heavy atom. The van der Waals surface area contributed by atoms with Crippen LogP contribution in [-0.4, -0.2) is 35.8 Å². The highest BCUT2D eigenvalue weighted by Gasteiger charge is 2.11. The van der Waals surface area contributed by atoms with E-state index in [1.54, 1.807) is 13.2 Å². The second kappa shape index (κ2) is 5.82. The van der Waals surface area contributed by atoms with Gasteiger partial charge in [-0.15, -0.1) is 0 Å². The quantitative estimate of drug-likeness (QED) is 0.797. The lowest BCUT2D eigenvalue weighted by molar-refractivity contribution is 0.143. The summed E-state index contributed by atoms with van der Waals surface area (Å²) in [6.07, 6.45) is 0. The van der Waals surface area contributed by atoms with E-state index in [9.17, 15) is 0 Å². The minimum absolute atomic E-state index is 0.0371. The molecule has 1 rings (SSSR count). The molecule has 0 bridgehead atoms. The van der Waals surface area contributed by atoms with Crippen LogP contribution in [0.5, 0.6) is 5.88 Å². The smallest absolute Gasteiger partial charge is 0.218 e. The standard InChI is InChI=1S/C12H21N3O2/c1-9-13-10(15-12(2,3)4)8-11(14-9)17-7-6-16-5/h8H,6-7H2,1-5H3,(H,13,14,15). The summed E-state index contributed by atoms with van der Waals surface area (Å²) >= 11 is 0. The van der Waals surface area contributed by atoms with Crippen LogP contribution in [0.3, 0.4) is 0 Å². The van der Waals surface area contributed by atoms with Crippen molar-refractivity contribution in [3.05, 3.63) is 11.9 Å². The maximum absolute atomic E-state index is 5.47. The van der Waals surface area contributed by atoms with E-state index < -0.39 is 0 Å². The van der Waals surface area contributed by atoms with Crippen molar-refractivity contribution >= 4 is 5.82 Å². The number of hydrogen-bond acceptors (Lipinski definition) is 5. The van der Waals surface area contributed by atoms with Gasteiger partial charge in [0.1, 0.15) is 18.2 Å². The van der Waals surface area contributed by atoms with Crippen LogP contribution in [0, 0.1) is 6.92 Å². The van der Waals surface area contributed by atoms with E-state index in [4.69, 9.17) is 9.47 Å². The molecule has 0 aliphatic heterocycles. The topological polar surface area (TPSA) is 56.3 Å². The molecule has 1 N–H and O–H groups in total. The summed E-state index contributed by atoms with van der Waals surface area (Å²) in [6, 6.07) is 1.80. The van der Waals surface area contributed by atoms with E-state index >= 15 is 0 Å². The first kappa shape index (κ1) is 13.7. The zero-order valence-corrected chi connectivity index (χ0v) is 11.2. The van der Waals surface area contributed by atoms with Crippen molar-refractivity contribution in [1.29, 1.82) is 0 Å². The monoisotopic (exact) mass is 239 g/mol. The fraction of sp³-hybridized carbons (Fsp3) is 0.667. The molecule has 0 saturated heterocycles. The molecule has 0 fully saturated rings. The average molecular weight is 239 g/mol. The lowest BCUT2D eigenvalue weighted by Gasteiger charge is -2.21. The summed E-state index contributed by atoms with van der Waals surface area (Å²) in [5.74, 6) is 2.03. The minimum atomic E-state index is -0.0371. The molecule has 1 heterocycles. The molecule has 0 atom stereocenters. The van der Waals surface area contributed by atoms with E-state index in [-0.39, 0.29) is 5.54 Å². The molecule has 0 radical (unpaired) electrons. The predicted octanol–water partition coefficient (Wildman–Crippen LogP) is 2.02. The normalized spacial score (nSPS) is 11.4. The van der Waals surface area contributed by atoms with Gasteiger partial charge in [0.15, 0.2) is 0 Å². The van der Waals surface area contributed by atoms with Crippen LogP contribution >= 0.6 is 0 Å². The Hall–Kier alpha value is -1.36. The molecule has 0 unspecified atom stereocenters. The van der Waals surface area contributed by atoms with Crippen LogP contribution in [0.1, 0.15) is 26.6 Å². The molecule has 96 valence electrons. The third-order valence-corrected chi connectivity index (χ3v) is 1.85. The zero-order chi connectivity index (χ0) is 12.9. The van der Waals surface area contributed by atoms with Gasteiger partial charge in [-0.2, -0.15) is 4.98 Å². The first-order valence-electron chi connectivity index (χ1n) is 5.66. The predicted molar refractivity (Wildman–Crippen MR) is 67.5 cm³/mol. The van der Waals surface area contributed by atoms with Gasteiger partial charge in [-0.3, -0.25) is 0 Å². The van der Waals surface area contributed by atoms with Gasteiger partial charge in [0, 0.05) is 18.7 Å². The van der Waals surface area contributed by atoms with Crippen molar-refractivity contribution in [3.63, 3.8) is 0 Å². The minimum Gasteiger partial charge on any atom is -0.475 e. The number of aromatic nitrogens is 2. The highest BCUT2D eigenvalue weighted by atomic mass is 16.5. The molecule has 0 aromatic carbocycles. The molecule has 1 aromatic heterocycles. The fourth-order valence-corrected chi connectivity index (χ4v) is 1.29. The summed E-state index contributed by atoms with van der Waals surface area (Å²) in [5, 5.41) is 3.29. The summed E-state index contributed by atoms with van der Waals surface area (Å²) in [7, 11) is 1.64. The second-order valence-electron chi connectivity index (χ2n) is 4.85. The zero-order valence-electron chi connectivity index (χ0n) is 11.2. The van der Waals surface area contributed by atoms with Gasteiger partial charge in [0.2, 0.25) is 5.88 Å². The number of ether oxygens (including phenoxy) is 2. The van der Waals surface area contributed by atoms with Crippen LogP contribution in [-0.2, 0) is 4.74 Å². The number of aryl methyl sites for hydroxylation is 1. The van der Waals surface area contributed by atoms with Crippen molar-refractivity contribution in [3.8, 4) is 5.88 Å². The molecule has 5 nitrogen and oxygen atoms in total. The highest BCUT2D eigenvalue weighted by molar-refractivity contribution is 5.40. The van der Waals surface area contributed by atoms with Crippen molar-refractivity contribution in [2.24, 2.45) is 0 Å². The van der Waals surface area contributed by atoms with Crippen molar-refractivity contribution < 1.29 is 9.47 Å². The van der Waals surface area contributed by atoms with E-state index in [0.29, 0.717) is 24.9 Å². The maximum atomic E-state index is 5.47. The Morgan fingerprint density at radius 3 is 2.53 bits per heavy atom. The van der Waals surface area contributed by atoms with Crippen molar-refractivity contribution in [2.45, 2.75) is 33.2 Å². The van der Waals surface area contributed by atoms with E-state index in [1.807, 2.05) is 6.92 Å². The van der Waals surface area contributed by atoms with Crippen LogP contribution in [0.25, 0.3) is 0 Å². The number of hydrogen-bond donors (Lipinski definition) is 1. The van der Waals surface area contributed by atoms with Crippen LogP contribution in [0.15, 0.2) is 6.07 Å². The molecule has 0 spiro atoms. The number of nitrogens with zero attached hydrogens (tertiary/aromatic N) is 2. The third-order valence-electron chi connectivity index (χ3n) is 1.85. The largest absolute Gasteiger partial charge is 0.475 e. The molecule has 0 amide bonds. The van der Waals surface area contributed by atoms with Gasteiger partial charge in [-0.25, -0.2) is 4.98 Å². The highest BCUT2D eigenvalue weighted by Crippen LogP contribution is 2.17. The maximum Gasteiger partial charge on any atom is 0.218 e. The first-order valence-corrected chi connectivity index (χ1v) is 5.66. The number of methoxy groups -OCH3 is 1. The third kappa shape index (κ3) is 5.49. The van der Waals surface area contributed by atoms with Crippen LogP contribution < -0.4 is 10.1 Å². The molecule has 5 heteroatoms. The lowest BCUT2D eigenvalue weighted by atomic mass is 10.1. The molecule has 1 aromatic rings. The summed E-state index contributed by atoms with van der Waals surface area (Å²) in [4.78, 5) is 8.52. The summed E-state index contributed by atoms with van der Waals surface area (Å²) in [6.45, 7) is 9.12. The van der Waals surface area contributed by atoms with Crippen LogP contribution in [0.4, 0.5) is 5.82 Å². The molecule has 0 aliphatic rings. The van der Waals surface area contributed by atoms with E-state index in [2.05, 4.69) is 36.1 Å². The Bertz CT molecular complexity index is 361. The fourth-order valence-electron chi connectivity index (χ4n) is 1.29. The lowest BCUT2D eigenvalue weighted by Crippen LogP contribution is -2.27. The van der Waals surface area contributed by atoms with Crippen LogP contribution in [0.2, 0.25) is 0 Å². The average Bonchev–Trinajstić information content (AvgIpc) is 2.14. The SMILES string of the molecule is COCCOc1cc(NC(C)(C)C)nc(C)n1. The summed E-state index contributed by atoms with van der Waals surface area (Å²) in [5.41, 5.74) is -0.0371. The molecule has 17 heavy (non-hydrogen) atoms. The van der Waals surface area contributed by atoms with Gasteiger partial charge >= 0.3 is 0 Å². The van der Waals surface area contributed by atoms with Gasteiger partial charge < -0.3 is 14.8 Å². The molecule has 0 saturated carbocycles. The molecular formula is C12H21N3O2. The van der Waals surface area contributed by atoms with Gasteiger partial charge in [-0.1, -0.05) is 0 Å². The van der Waals surface area contributed by atoms with E-state index in [0.717, 1.165) is 5.82 Å². The summed E-state index contributed by atoms with van der Waals surface area (Å²) < 4.78 is 10.4. The Morgan fingerprint density at radius 1 is 1.24 bits per heavy atom. The van der Waals surface area contributed by atoms with Gasteiger partial charge in [-0.05, 0) is 27.7 Å². The Balaban J connectivity index is 2.72. The van der Waals surface area contributed by atoms with Crippen molar-refractivity contribution in [1.82, 2.24) is 9.97 Å². The second-order valence-corrected chi connectivity index (χ2v) is 4.85. The van der Waals surface area contributed by atoms with Gasteiger partial charge in [0.05, 0.1) is 6.61 Å². The Labute approximate surface area is 103 Å². The van der Waals surface area contributed by atoms with E-state index in [1.165, 1.54) is 0 Å². The Kier molecular flexibility index (Phi) is 4.69. The first-order chi connectivity index (χ1) is 7.90. The van der Waals surface area contributed by atoms with Crippen molar-refractivity contribution in [2.75, 3.05) is 25.6 Å².